The van der Waals surface area contributed by atoms with E-state index in [0.717, 1.165) is 25.1 Å². The third kappa shape index (κ3) is 1.69. The molecule has 0 heterocycles. The minimum absolute atomic E-state index is 0.206. The summed E-state index contributed by atoms with van der Waals surface area (Å²) in [5, 5.41) is 21.5. The number of anilines is 1. The zero-order valence-corrected chi connectivity index (χ0v) is 8.32. The second-order valence-corrected chi connectivity index (χ2v) is 3.44. The Morgan fingerprint density at radius 2 is 1.81 bits per heavy atom. The first-order valence-electron chi connectivity index (χ1n) is 4.28. The van der Waals surface area contributed by atoms with Crippen LogP contribution in [0.2, 0.25) is 0 Å². The van der Waals surface area contributed by atoms with Crippen molar-refractivity contribution in [1.29, 1.82) is 0 Å². The molecule has 1 aromatic carbocycles. The Kier molecular flexibility index (Phi) is 2.84. The first-order valence-corrected chi connectivity index (χ1v) is 4.28. The quantitative estimate of drug-likeness (QED) is 0.480. The fraction of sp³-hybridized carbons (Fsp3) is 0.200. The Morgan fingerprint density at radius 3 is 2.19 bits per heavy atom. The molecule has 0 aliphatic heterocycles. The number of halogens is 1. The number of carboxylic acid groups (broad SMARTS) is 2. The molecule has 0 spiro atoms. The van der Waals surface area contributed by atoms with Crippen molar-refractivity contribution in [3.63, 3.8) is 0 Å². The van der Waals surface area contributed by atoms with Gasteiger partial charge in [0.2, 0.25) is 0 Å². The van der Waals surface area contributed by atoms with Crippen LogP contribution >= 0.6 is 0 Å². The van der Waals surface area contributed by atoms with Crippen molar-refractivity contribution in [2.75, 3.05) is 5.73 Å². The van der Waals surface area contributed by atoms with Crippen LogP contribution < -0.4 is 15.9 Å². The van der Waals surface area contributed by atoms with Gasteiger partial charge in [0.15, 0.2) is 0 Å². The number of carboxylic acids is 2. The average Bonchev–Trinajstić information content (AvgIpc) is 2.20. The van der Waals surface area contributed by atoms with Crippen molar-refractivity contribution in [3.8, 4) is 0 Å². The molecule has 0 saturated heterocycles. The van der Waals surface area contributed by atoms with Gasteiger partial charge in [-0.05, 0) is 24.6 Å². The molecule has 86 valence electrons. The summed E-state index contributed by atoms with van der Waals surface area (Å²) in [7, 11) is 0. The SMILES string of the molecule is CC(C(=O)[O-])(C(=O)[O-])c1ccc(N)c(F)c1. The highest BCUT2D eigenvalue weighted by Gasteiger charge is 2.30. The molecule has 0 saturated carbocycles. The van der Waals surface area contributed by atoms with Crippen molar-refractivity contribution >= 4 is 17.6 Å². The standard InChI is InChI=1S/C10H10FNO4/c1-10(8(13)14,9(15)16)5-2-3-7(12)6(11)4-5/h2-4H,12H2,1H3,(H,13,14)(H,15,16)/p-2. The molecular weight excluding hydrogens is 217 g/mol. The topological polar surface area (TPSA) is 106 Å². The predicted octanol–water partition coefficient (Wildman–Crippen LogP) is -1.83. The Balaban J connectivity index is 3.39. The third-order valence-corrected chi connectivity index (χ3v) is 2.39. The van der Waals surface area contributed by atoms with Gasteiger partial charge in [0.05, 0.1) is 23.0 Å². The monoisotopic (exact) mass is 225 g/mol. The van der Waals surface area contributed by atoms with Crippen LogP contribution in [-0.2, 0) is 15.0 Å². The largest absolute Gasteiger partial charge is 0.549 e. The van der Waals surface area contributed by atoms with E-state index in [1.165, 1.54) is 0 Å². The van der Waals surface area contributed by atoms with E-state index in [0.29, 0.717) is 0 Å². The lowest BCUT2D eigenvalue weighted by molar-refractivity contribution is -0.334. The summed E-state index contributed by atoms with van der Waals surface area (Å²) in [4.78, 5) is 21.5. The average molecular weight is 225 g/mol. The number of aliphatic carboxylic acids is 2. The molecule has 2 N–H and O–H groups in total. The third-order valence-electron chi connectivity index (χ3n) is 2.39. The lowest BCUT2D eigenvalue weighted by Crippen LogP contribution is -2.55. The molecule has 0 bridgehead atoms. The molecule has 0 atom stereocenters. The van der Waals surface area contributed by atoms with Gasteiger partial charge in [0.1, 0.15) is 5.82 Å². The van der Waals surface area contributed by atoms with Crippen molar-refractivity contribution < 1.29 is 24.2 Å². The Labute approximate surface area is 90.3 Å². The van der Waals surface area contributed by atoms with E-state index in [4.69, 9.17) is 5.73 Å². The van der Waals surface area contributed by atoms with Gasteiger partial charge < -0.3 is 25.5 Å². The molecule has 0 unspecified atom stereocenters. The summed E-state index contributed by atoms with van der Waals surface area (Å²) in [6.07, 6.45) is 0. The summed E-state index contributed by atoms with van der Waals surface area (Å²) in [5.41, 5.74) is 2.28. The molecular formula is C10H8FNO4-2. The highest BCUT2D eigenvalue weighted by molar-refractivity contribution is 6.02. The Hall–Kier alpha value is -2.11. The zero-order valence-electron chi connectivity index (χ0n) is 8.32. The van der Waals surface area contributed by atoms with E-state index >= 15 is 0 Å². The van der Waals surface area contributed by atoms with Gasteiger partial charge >= 0.3 is 0 Å². The first kappa shape index (κ1) is 12.0. The second-order valence-electron chi connectivity index (χ2n) is 3.44. The lowest BCUT2D eigenvalue weighted by Gasteiger charge is -2.32. The molecule has 0 amide bonds. The van der Waals surface area contributed by atoms with Gasteiger partial charge in [-0.15, -0.1) is 0 Å². The van der Waals surface area contributed by atoms with Crippen molar-refractivity contribution in [3.05, 3.63) is 29.6 Å². The van der Waals surface area contributed by atoms with E-state index in [9.17, 15) is 24.2 Å². The van der Waals surface area contributed by atoms with Gasteiger partial charge in [0, 0.05) is 0 Å². The van der Waals surface area contributed by atoms with Gasteiger partial charge in [-0.25, -0.2) is 4.39 Å². The van der Waals surface area contributed by atoms with Gasteiger partial charge in [-0.3, -0.25) is 0 Å². The zero-order chi connectivity index (χ0) is 12.5. The maximum atomic E-state index is 13.1. The Morgan fingerprint density at radius 1 is 1.31 bits per heavy atom. The maximum absolute atomic E-state index is 13.1. The van der Waals surface area contributed by atoms with Crippen LogP contribution in [0.3, 0.4) is 0 Å². The molecule has 1 rings (SSSR count). The molecule has 0 aliphatic rings. The fourth-order valence-corrected chi connectivity index (χ4v) is 1.16. The van der Waals surface area contributed by atoms with Crippen LogP contribution in [0, 0.1) is 5.82 Å². The summed E-state index contributed by atoms with van der Waals surface area (Å²) in [6, 6.07) is 2.92. The smallest absolute Gasteiger partial charge is 0.146 e. The molecule has 0 aromatic heterocycles. The number of nitrogen functional groups attached to an aromatic ring is 1. The number of carbonyl (C=O) groups excluding carboxylic acids is 2. The van der Waals surface area contributed by atoms with Gasteiger partial charge in [-0.2, -0.15) is 0 Å². The normalized spacial score (nSPS) is 11.1. The summed E-state index contributed by atoms with van der Waals surface area (Å²) < 4.78 is 13.1. The minimum atomic E-state index is -2.41. The molecule has 0 fully saturated rings. The number of hydrogen-bond acceptors (Lipinski definition) is 5. The number of carbonyl (C=O) groups is 2. The highest BCUT2D eigenvalue weighted by atomic mass is 19.1. The molecule has 16 heavy (non-hydrogen) atoms. The van der Waals surface area contributed by atoms with E-state index in [2.05, 4.69) is 0 Å². The van der Waals surface area contributed by atoms with Crippen LogP contribution in [0.5, 0.6) is 0 Å². The van der Waals surface area contributed by atoms with E-state index < -0.39 is 23.2 Å². The number of nitrogens with two attached hydrogens (primary N) is 1. The maximum Gasteiger partial charge on any atom is 0.146 e. The first-order chi connectivity index (χ1) is 7.30. The summed E-state index contributed by atoms with van der Waals surface area (Å²) in [5.74, 6) is -4.65. The van der Waals surface area contributed by atoms with Crippen LogP contribution in [0.25, 0.3) is 0 Å². The molecule has 1 aromatic rings. The van der Waals surface area contributed by atoms with E-state index in [1.807, 2.05) is 0 Å². The van der Waals surface area contributed by atoms with Crippen LogP contribution in [-0.4, -0.2) is 11.9 Å². The van der Waals surface area contributed by atoms with Crippen LogP contribution in [0.4, 0.5) is 10.1 Å². The molecule has 5 nitrogen and oxygen atoms in total. The summed E-state index contributed by atoms with van der Waals surface area (Å²) >= 11 is 0. The highest BCUT2D eigenvalue weighted by Crippen LogP contribution is 2.25. The second kappa shape index (κ2) is 3.80. The molecule has 0 radical (unpaired) electrons. The van der Waals surface area contributed by atoms with E-state index in [1.54, 1.807) is 0 Å². The number of benzene rings is 1. The number of hydrogen-bond donors (Lipinski definition) is 1. The fourth-order valence-electron chi connectivity index (χ4n) is 1.16. The minimum Gasteiger partial charge on any atom is -0.549 e. The predicted molar refractivity (Wildman–Crippen MR) is 48.2 cm³/mol. The van der Waals surface area contributed by atoms with Gasteiger partial charge in [-0.1, -0.05) is 6.07 Å². The van der Waals surface area contributed by atoms with E-state index in [-0.39, 0.29) is 11.3 Å². The van der Waals surface area contributed by atoms with Crippen LogP contribution in [0.15, 0.2) is 18.2 Å². The van der Waals surface area contributed by atoms with Crippen LogP contribution in [0.1, 0.15) is 12.5 Å². The lowest BCUT2D eigenvalue weighted by atomic mass is 9.82. The van der Waals surface area contributed by atoms with Gasteiger partial charge in [0.25, 0.3) is 0 Å². The Bertz CT molecular complexity index is 444. The van der Waals surface area contributed by atoms with Crippen molar-refractivity contribution in [2.45, 2.75) is 12.3 Å². The molecule has 0 aliphatic carbocycles. The summed E-state index contributed by atoms with van der Waals surface area (Å²) in [6.45, 7) is 0.864. The van der Waals surface area contributed by atoms with Crippen molar-refractivity contribution in [2.24, 2.45) is 0 Å². The molecule has 6 heteroatoms. The number of rotatable bonds is 3. The van der Waals surface area contributed by atoms with Crippen molar-refractivity contribution in [1.82, 2.24) is 0 Å².